The Morgan fingerprint density at radius 3 is 2.20 bits per heavy atom. The number of nitrogens with one attached hydrogen (secondary N) is 1. The molecule has 2 aromatic carbocycles. The Labute approximate surface area is 146 Å². The van der Waals surface area contributed by atoms with Gasteiger partial charge in [-0.25, -0.2) is 12.8 Å². The van der Waals surface area contributed by atoms with Crippen molar-refractivity contribution in [3.8, 4) is 0 Å². The maximum Gasteiger partial charge on any atom is 0.237 e. The van der Waals surface area contributed by atoms with E-state index in [1.54, 1.807) is 30.6 Å². The molecule has 1 aromatic heterocycles. The van der Waals surface area contributed by atoms with Gasteiger partial charge in [0.25, 0.3) is 0 Å². The summed E-state index contributed by atoms with van der Waals surface area (Å²) in [6.07, 6.45) is 4.21. The first-order chi connectivity index (χ1) is 12.0. The van der Waals surface area contributed by atoms with Crippen molar-refractivity contribution in [3.05, 3.63) is 95.6 Å². The molecule has 0 bridgehead atoms. The standard InChI is InChI=1S/C19H17FN2O2S/c20-19-4-2-1-3-17(19)14-25(23,24)22-18-7-5-15(6-8-18)13-16-9-11-21-12-10-16/h1-12,22H,13-14H2. The van der Waals surface area contributed by atoms with Gasteiger partial charge in [-0.1, -0.05) is 30.3 Å². The van der Waals surface area contributed by atoms with Crippen molar-refractivity contribution in [2.75, 3.05) is 4.72 Å². The Hall–Kier alpha value is -2.73. The first kappa shape index (κ1) is 17.1. The first-order valence-corrected chi connectivity index (χ1v) is 9.39. The number of halogens is 1. The van der Waals surface area contributed by atoms with Crippen molar-refractivity contribution >= 4 is 15.7 Å². The molecule has 0 saturated heterocycles. The summed E-state index contributed by atoms with van der Waals surface area (Å²) in [7, 11) is -3.68. The highest BCUT2D eigenvalue weighted by atomic mass is 32.2. The third kappa shape index (κ3) is 4.87. The molecule has 0 atom stereocenters. The van der Waals surface area contributed by atoms with E-state index in [4.69, 9.17) is 0 Å². The fourth-order valence-electron chi connectivity index (χ4n) is 2.46. The summed E-state index contributed by atoms with van der Waals surface area (Å²) >= 11 is 0. The molecule has 0 aliphatic heterocycles. The van der Waals surface area contributed by atoms with E-state index >= 15 is 0 Å². The third-order valence-corrected chi connectivity index (χ3v) is 4.93. The Bertz CT molecular complexity index is 943. The highest BCUT2D eigenvalue weighted by molar-refractivity contribution is 7.91. The Morgan fingerprint density at radius 2 is 1.52 bits per heavy atom. The summed E-state index contributed by atoms with van der Waals surface area (Å²) in [4.78, 5) is 3.98. The van der Waals surface area contributed by atoms with Crippen molar-refractivity contribution in [3.63, 3.8) is 0 Å². The monoisotopic (exact) mass is 356 g/mol. The van der Waals surface area contributed by atoms with Gasteiger partial charge in [-0.05, 0) is 47.9 Å². The van der Waals surface area contributed by atoms with Crippen LogP contribution in [0.4, 0.5) is 10.1 Å². The van der Waals surface area contributed by atoms with Crippen LogP contribution in [0.5, 0.6) is 0 Å². The highest BCUT2D eigenvalue weighted by Crippen LogP contribution is 2.17. The average Bonchev–Trinajstić information content (AvgIpc) is 2.59. The average molecular weight is 356 g/mol. The normalized spacial score (nSPS) is 11.2. The van der Waals surface area contributed by atoms with Crippen LogP contribution in [0.1, 0.15) is 16.7 Å². The van der Waals surface area contributed by atoms with E-state index in [-0.39, 0.29) is 5.56 Å². The molecule has 3 aromatic rings. The Kier molecular flexibility index (Phi) is 5.09. The zero-order chi connectivity index (χ0) is 17.7. The van der Waals surface area contributed by atoms with Crippen LogP contribution in [0, 0.1) is 5.82 Å². The van der Waals surface area contributed by atoms with Crippen LogP contribution in [0.3, 0.4) is 0 Å². The van der Waals surface area contributed by atoms with Gasteiger partial charge >= 0.3 is 0 Å². The number of benzene rings is 2. The molecule has 3 rings (SSSR count). The SMILES string of the molecule is O=S(=O)(Cc1ccccc1F)Nc1ccc(Cc2ccncc2)cc1. The highest BCUT2D eigenvalue weighted by Gasteiger charge is 2.14. The molecular formula is C19H17FN2O2S. The molecule has 0 fully saturated rings. The van der Waals surface area contributed by atoms with Crippen LogP contribution in [0.2, 0.25) is 0 Å². The van der Waals surface area contributed by atoms with E-state index in [0.29, 0.717) is 5.69 Å². The van der Waals surface area contributed by atoms with Gasteiger partial charge in [0.1, 0.15) is 5.82 Å². The second-order valence-electron chi connectivity index (χ2n) is 5.68. The number of sulfonamides is 1. The molecule has 1 N–H and O–H groups in total. The van der Waals surface area contributed by atoms with Gasteiger partial charge in [0, 0.05) is 23.6 Å². The van der Waals surface area contributed by atoms with Gasteiger partial charge in [0.05, 0.1) is 5.75 Å². The minimum Gasteiger partial charge on any atom is -0.283 e. The molecule has 6 heteroatoms. The number of rotatable bonds is 6. The molecule has 0 aliphatic carbocycles. The van der Waals surface area contributed by atoms with Crippen LogP contribution in [0.25, 0.3) is 0 Å². The second kappa shape index (κ2) is 7.44. The second-order valence-corrected chi connectivity index (χ2v) is 7.40. The zero-order valence-electron chi connectivity index (χ0n) is 13.4. The predicted octanol–water partition coefficient (Wildman–Crippen LogP) is 3.75. The molecule has 25 heavy (non-hydrogen) atoms. The zero-order valence-corrected chi connectivity index (χ0v) is 14.2. The largest absolute Gasteiger partial charge is 0.283 e. The van der Waals surface area contributed by atoms with E-state index in [0.717, 1.165) is 17.5 Å². The summed E-state index contributed by atoms with van der Waals surface area (Å²) in [5.41, 5.74) is 2.78. The molecule has 0 spiro atoms. The van der Waals surface area contributed by atoms with Crippen LogP contribution in [-0.2, 0) is 22.2 Å². The summed E-state index contributed by atoms with van der Waals surface area (Å²) in [5.74, 6) is -0.932. The molecule has 0 amide bonds. The summed E-state index contributed by atoms with van der Waals surface area (Å²) in [5, 5.41) is 0. The molecular weight excluding hydrogens is 339 g/mol. The summed E-state index contributed by atoms with van der Waals surface area (Å²) in [6.45, 7) is 0. The molecule has 0 saturated carbocycles. The maximum absolute atomic E-state index is 13.6. The first-order valence-electron chi connectivity index (χ1n) is 7.73. The molecule has 128 valence electrons. The maximum atomic E-state index is 13.6. The minimum atomic E-state index is -3.68. The fourth-order valence-corrected chi connectivity index (χ4v) is 3.67. The van der Waals surface area contributed by atoms with Crippen molar-refractivity contribution in [2.45, 2.75) is 12.2 Å². The lowest BCUT2D eigenvalue weighted by atomic mass is 10.1. The quantitative estimate of drug-likeness (QED) is 0.732. The van der Waals surface area contributed by atoms with Crippen molar-refractivity contribution in [1.82, 2.24) is 4.98 Å². The summed E-state index contributed by atoms with van der Waals surface area (Å²) < 4.78 is 40.5. The lowest BCUT2D eigenvalue weighted by Crippen LogP contribution is -2.15. The fraction of sp³-hybridized carbons (Fsp3) is 0.105. The lowest BCUT2D eigenvalue weighted by molar-refractivity contribution is 0.591. The predicted molar refractivity (Wildman–Crippen MR) is 96.1 cm³/mol. The van der Waals surface area contributed by atoms with Crippen LogP contribution in [-0.4, -0.2) is 13.4 Å². The van der Waals surface area contributed by atoms with Crippen molar-refractivity contribution in [2.24, 2.45) is 0 Å². The van der Waals surface area contributed by atoms with Gasteiger partial charge in [0.2, 0.25) is 10.0 Å². The minimum absolute atomic E-state index is 0.143. The van der Waals surface area contributed by atoms with Crippen molar-refractivity contribution in [1.29, 1.82) is 0 Å². The number of hydrogen-bond acceptors (Lipinski definition) is 3. The third-order valence-electron chi connectivity index (χ3n) is 3.69. The van der Waals surface area contributed by atoms with E-state index in [1.165, 1.54) is 18.2 Å². The molecule has 0 aliphatic rings. The van der Waals surface area contributed by atoms with Gasteiger partial charge in [-0.2, -0.15) is 0 Å². The van der Waals surface area contributed by atoms with E-state index in [1.807, 2.05) is 24.3 Å². The number of pyridine rings is 1. The smallest absolute Gasteiger partial charge is 0.237 e. The topological polar surface area (TPSA) is 59.1 Å². The van der Waals surface area contributed by atoms with E-state index < -0.39 is 21.6 Å². The number of nitrogens with zero attached hydrogens (tertiary/aromatic N) is 1. The number of aromatic nitrogens is 1. The van der Waals surface area contributed by atoms with Crippen LogP contribution >= 0.6 is 0 Å². The lowest BCUT2D eigenvalue weighted by Gasteiger charge is -2.09. The van der Waals surface area contributed by atoms with Gasteiger partial charge in [-0.15, -0.1) is 0 Å². The van der Waals surface area contributed by atoms with E-state index in [9.17, 15) is 12.8 Å². The van der Waals surface area contributed by atoms with Crippen LogP contribution in [0.15, 0.2) is 73.1 Å². The van der Waals surface area contributed by atoms with E-state index in [2.05, 4.69) is 9.71 Å². The van der Waals surface area contributed by atoms with Crippen molar-refractivity contribution < 1.29 is 12.8 Å². The Balaban J connectivity index is 1.67. The molecule has 4 nitrogen and oxygen atoms in total. The molecule has 0 radical (unpaired) electrons. The number of hydrogen-bond donors (Lipinski definition) is 1. The molecule has 0 unspecified atom stereocenters. The van der Waals surface area contributed by atoms with Crippen LogP contribution < -0.4 is 4.72 Å². The Morgan fingerprint density at radius 1 is 0.880 bits per heavy atom. The summed E-state index contributed by atoms with van der Waals surface area (Å²) in [6, 6.07) is 16.9. The van der Waals surface area contributed by atoms with Gasteiger partial charge in [-0.3, -0.25) is 9.71 Å². The van der Waals surface area contributed by atoms with Gasteiger partial charge < -0.3 is 0 Å². The molecule has 1 heterocycles. The van der Waals surface area contributed by atoms with Gasteiger partial charge in [0.15, 0.2) is 0 Å². The number of anilines is 1.